The molecule has 5 heteroatoms. The van der Waals surface area contributed by atoms with Gasteiger partial charge in [0.05, 0.1) is 24.0 Å². The van der Waals surface area contributed by atoms with Gasteiger partial charge in [0.15, 0.2) is 0 Å². The smallest absolute Gasteiger partial charge is 0.257 e. The highest BCUT2D eigenvalue weighted by Gasteiger charge is 2.37. The van der Waals surface area contributed by atoms with Gasteiger partial charge in [-0.15, -0.1) is 0 Å². The van der Waals surface area contributed by atoms with Crippen LogP contribution in [0.5, 0.6) is 0 Å². The molecule has 1 atom stereocenters. The zero-order valence-corrected chi connectivity index (χ0v) is 12.9. The van der Waals surface area contributed by atoms with E-state index in [1.807, 2.05) is 35.2 Å². The van der Waals surface area contributed by atoms with Gasteiger partial charge in [0, 0.05) is 24.8 Å². The van der Waals surface area contributed by atoms with E-state index in [9.17, 15) is 4.79 Å². The van der Waals surface area contributed by atoms with Crippen molar-refractivity contribution in [2.45, 2.75) is 18.9 Å². The van der Waals surface area contributed by atoms with Gasteiger partial charge in [-0.25, -0.2) is 9.97 Å². The minimum atomic E-state index is -0.00148. The predicted octanol–water partition coefficient (Wildman–Crippen LogP) is 2.39. The molecule has 0 N–H and O–H groups in total. The van der Waals surface area contributed by atoms with E-state index in [2.05, 4.69) is 9.97 Å². The zero-order valence-electron chi connectivity index (χ0n) is 12.9. The Morgan fingerprint density at radius 1 is 1.22 bits per heavy atom. The van der Waals surface area contributed by atoms with E-state index in [1.165, 1.54) is 19.2 Å². The van der Waals surface area contributed by atoms with E-state index in [4.69, 9.17) is 4.74 Å². The fourth-order valence-electron chi connectivity index (χ4n) is 3.10. The average molecular weight is 309 g/mol. The van der Waals surface area contributed by atoms with Gasteiger partial charge in [-0.05, 0) is 18.8 Å². The molecule has 1 aliphatic heterocycles. The van der Waals surface area contributed by atoms with Crippen LogP contribution in [-0.2, 0) is 4.74 Å². The number of carbonyl (C=O) groups excluding carboxylic acids is 1. The molecule has 1 amide bonds. The van der Waals surface area contributed by atoms with Crippen molar-refractivity contribution >= 4 is 5.91 Å². The minimum absolute atomic E-state index is 0.00148. The van der Waals surface area contributed by atoms with Gasteiger partial charge in [-0.3, -0.25) is 4.79 Å². The fraction of sp³-hybridized carbons (Fsp3) is 0.389. The average Bonchev–Trinajstić information content (AvgIpc) is 3.47. The Bertz CT molecular complexity index is 700. The number of morpholine rings is 1. The third kappa shape index (κ3) is 2.97. The Morgan fingerprint density at radius 2 is 2.04 bits per heavy atom. The van der Waals surface area contributed by atoms with Crippen molar-refractivity contribution in [3.8, 4) is 11.3 Å². The molecule has 1 saturated carbocycles. The topological polar surface area (TPSA) is 55.3 Å². The van der Waals surface area contributed by atoms with Crippen molar-refractivity contribution in [1.82, 2.24) is 14.9 Å². The summed E-state index contributed by atoms with van der Waals surface area (Å²) in [5, 5.41) is 0. The normalized spacial score (nSPS) is 21.2. The van der Waals surface area contributed by atoms with Gasteiger partial charge in [0.25, 0.3) is 5.91 Å². The van der Waals surface area contributed by atoms with Crippen molar-refractivity contribution < 1.29 is 9.53 Å². The quantitative estimate of drug-likeness (QED) is 0.873. The number of amides is 1. The molecule has 5 nitrogen and oxygen atoms in total. The molecule has 4 rings (SSSR count). The number of ether oxygens (including phenoxy) is 1. The number of carbonyl (C=O) groups is 1. The highest BCUT2D eigenvalue weighted by Crippen LogP contribution is 2.36. The lowest BCUT2D eigenvalue weighted by Gasteiger charge is -2.33. The molecule has 2 aromatic rings. The van der Waals surface area contributed by atoms with Crippen molar-refractivity contribution in [2.24, 2.45) is 5.92 Å². The summed E-state index contributed by atoms with van der Waals surface area (Å²) in [5.41, 5.74) is 2.19. The van der Waals surface area contributed by atoms with Crippen molar-refractivity contribution in [1.29, 1.82) is 0 Å². The third-order valence-electron chi connectivity index (χ3n) is 4.52. The van der Waals surface area contributed by atoms with Crippen LogP contribution in [0.25, 0.3) is 11.3 Å². The number of rotatable bonds is 3. The first kappa shape index (κ1) is 14.3. The summed E-state index contributed by atoms with van der Waals surface area (Å²) in [4.78, 5) is 23.3. The summed E-state index contributed by atoms with van der Waals surface area (Å²) in [5.74, 6) is 0.629. The second-order valence-corrected chi connectivity index (χ2v) is 6.15. The largest absolute Gasteiger partial charge is 0.374 e. The van der Waals surface area contributed by atoms with Crippen LogP contribution in [0, 0.1) is 5.92 Å². The maximum Gasteiger partial charge on any atom is 0.257 e. The second kappa shape index (κ2) is 6.08. The molecule has 0 spiro atoms. The molecule has 2 aliphatic rings. The Morgan fingerprint density at radius 3 is 2.83 bits per heavy atom. The molecule has 23 heavy (non-hydrogen) atoms. The van der Waals surface area contributed by atoms with Gasteiger partial charge < -0.3 is 9.64 Å². The molecule has 1 aromatic heterocycles. The van der Waals surface area contributed by atoms with Crippen LogP contribution in [0.2, 0.25) is 0 Å². The summed E-state index contributed by atoms with van der Waals surface area (Å²) >= 11 is 0. The Kier molecular flexibility index (Phi) is 3.79. The van der Waals surface area contributed by atoms with Crippen LogP contribution in [0.15, 0.2) is 42.9 Å². The molecular weight excluding hydrogens is 290 g/mol. The van der Waals surface area contributed by atoms with Gasteiger partial charge in [0.2, 0.25) is 0 Å². The second-order valence-electron chi connectivity index (χ2n) is 6.15. The van der Waals surface area contributed by atoms with Crippen molar-refractivity contribution in [3.63, 3.8) is 0 Å². The van der Waals surface area contributed by atoms with Gasteiger partial charge in [0.1, 0.15) is 6.33 Å². The Hall–Kier alpha value is -2.27. The zero-order chi connectivity index (χ0) is 15.6. The van der Waals surface area contributed by atoms with Gasteiger partial charge >= 0.3 is 0 Å². The first-order valence-corrected chi connectivity index (χ1v) is 8.09. The summed E-state index contributed by atoms with van der Waals surface area (Å²) < 4.78 is 5.81. The van der Waals surface area contributed by atoms with Crippen LogP contribution < -0.4 is 0 Å². The predicted molar refractivity (Wildman–Crippen MR) is 85.8 cm³/mol. The molecule has 1 aliphatic carbocycles. The monoisotopic (exact) mass is 309 g/mol. The SMILES string of the molecule is O=C(c1cncnc1-c1ccccc1)N1CCOC(C2CC2)C1. The molecule has 1 aromatic carbocycles. The molecule has 2 heterocycles. The maximum atomic E-state index is 13.0. The summed E-state index contributed by atoms with van der Waals surface area (Å²) in [6.07, 6.45) is 5.75. The van der Waals surface area contributed by atoms with Crippen LogP contribution >= 0.6 is 0 Å². The van der Waals surface area contributed by atoms with E-state index in [0.29, 0.717) is 36.9 Å². The minimum Gasteiger partial charge on any atom is -0.374 e. The molecule has 1 saturated heterocycles. The molecule has 2 fully saturated rings. The molecule has 1 unspecified atom stereocenters. The number of aromatic nitrogens is 2. The van der Waals surface area contributed by atoms with Crippen molar-refractivity contribution in [2.75, 3.05) is 19.7 Å². The lowest BCUT2D eigenvalue weighted by molar-refractivity contribution is -0.0313. The Labute approximate surface area is 135 Å². The first-order chi connectivity index (χ1) is 11.3. The molecule has 118 valence electrons. The lowest BCUT2D eigenvalue weighted by Crippen LogP contribution is -2.46. The lowest BCUT2D eigenvalue weighted by atomic mass is 10.1. The highest BCUT2D eigenvalue weighted by molar-refractivity contribution is 5.99. The third-order valence-corrected chi connectivity index (χ3v) is 4.52. The van der Waals surface area contributed by atoms with E-state index in [-0.39, 0.29) is 12.0 Å². The van der Waals surface area contributed by atoms with Gasteiger partial charge in [-0.1, -0.05) is 30.3 Å². The van der Waals surface area contributed by atoms with E-state index in [1.54, 1.807) is 6.20 Å². The first-order valence-electron chi connectivity index (χ1n) is 8.09. The van der Waals surface area contributed by atoms with Crippen LogP contribution in [0.3, 0.4) is 0 Å². The number of hydrogen-bond acceptors (Lipinski definition) is 4. The number of hydrogen-bond donors (Lipinski definition) is 0. The summed E-state index contributed by atoms with van der Waals surface area (Å²) in [6, 6.07) is 9.78. The molecular formula is C18H19N3O2. The number of nitrogens with zero attached hydrogens (tertiary/aromatic N) is 3. The maximum absolute atomic E-state index is 13.0. The van der Waals surface area contributed by atoms with Crippen LogP contribution in [0.4, 0.5) is 0 Å². The van der Waals surface area contributed by atoms with Crippen LogP contribution in [-0.4, -0.2) is 46.6 Å². The van der Waals surface area contributed by atoms with E-state index in [0.717, 1.165) is 5.56 Å². The Balaban J connectivity index is 1.61. The van der Waals surface area contributed by atoms with E-state index < -0.39 is 0 Å². The standard InChI is InChI=1S/C18H19N3O2/c22-18(21-8-9-23-16(11-21)13-6-7-13)15-10-19-12-20-17(15)14-4-2-1-3-5-14/h1-5,10,12-13,16H,6-9,11H2. The fourth-order valence-corrected chi connectivity index (χ4v) is 3.10. The summed E-state index contributed by atoms with van der Waals surface area (Å²) in [6.45, 7) is 1.92. The molecule has 0 radical (unpaired) electrons. The summed E-state index contributed by atoms with van der Waals surface area (Å²) in [7, 11) is 0. The molecule has 0 bridgehead atoms. The van der Waals surface area contributed by atoms with E-state index >= 15 is 0 Å². The van der Waals surface area contributed by atoms with Crippen molar-refractivity contribution in [3.05, 3.63) is 48.4 Å². The highest BCUT2D eigenvalue weighted by atomic mass is 16.5. The van der Waals surface area contributed by atoms with Gasteiger partial charge in [-0.2, -0.15) is 0 Å². The number of benzene rings is 1. The van der Waals surface area contributed by atoms with Crippen LogP contribution in [0.1, 0.15) is 23.2 Å².